The summed E-state index contributed by atoms with van der Waals surface area (Å²) in [5.41, 5.74) is 5.58. The summed E-state index contributed by atoms with van der Waals surface area (Å²) >= 11 is 0. The normalized spacial score (nSPS) is 16.0. The molecule has 2 unspecified atom stereocenters. The Morgan fingerprint density at radius 1 is 0.850 bits per heavy atom. The van der Waals surface area contributed by atoms with E-state index in [2.05, 4.69) is 49.5 Å². The van der Waals surface area contributed by atoms with Crippen molar-refractivity contribution < 1.29 is 5.11 Å². The zero-order valence-electron chi connectivity index (χ0n) is 13.0. The second kappa shape index (κ2) is 14.3. The van der Waals surface area contributed by atoms with Crippen LogP contribution in [0.5, 0.6) is 0 Å². The van der Waals surface area contributed by atoms with Gasteiger partial charge in [0, 0.05) is 6.04 Å². The zero-order valence-corrected chi connectivity index (χ0v) is 13.0. The zero-order chi connectivity index (χ0) is 15.1. The van der Waals surface area contributed by atoms with Gasteiger partial charge in [-0.25, -0.2) is 0 Å². The molecule has 0 aliphatic heterocycles. The summed E-state index contributed by atoms with van der Waals surface area (Å²) in [6.45, 7) is 3.97. The lowest BCUT2D eigenvalue weighted by molar-refractivity contribution is 0.154. The molecule has 0 rings (SSSR count). The van der Waals surface area contributed by atoms with E-state index in [0.717, 1.165) is 32.1 Å². The number of rotatable bonds is 11. The topological polar surface area (TPSA) is 46.2 Å². The quantitative estimate of drug-likeness (QED) is 0.437. The molecular formula is C18H31NO. The lowest BCUT2D eigenvalue weighted by Crippen LogP contribution is -2.30. The molecule has 2 nitrogen and oxygen atoms in total. The smallest absolute Gasteiger partial charge is 0.0722 e. The third kappa shape index (κ3) is 13.3. The highest BCUT2D eigenvalue weighted by Gasteiger charge is 2.05. The van der Waals surface area contributed by atoms with Gasteiger partial charge in [-0.1, -0.05) is 55.5 Å². The van der Waals surface area contributed by atoms with Crippen LogP contribution < -0.4 is 5.73 Å². The predicted molar refractivity (Wildman–Crippen MR) is 89.6 cm³/mol. The maximum Gasteiger partial charge on any atom is 0.0722 e. The number of aliphatic hydroxyl groups is 1. The first kappa shape index (κ1) is 18.9. The molecule has 2 atom stereocenters. The standard InChI is InChI=1S/C18H31NO/c1-3-4-5-6-7-8-9-10-11-12-13-14-15-16-18(20)17(2)19/h4-5,7-8,10-11,14-15,17-18,20H,3,6,9,12-13,16,19H2,1-2H3/b5-4-,8-7-,11-10-,15-14+. The van der Waals surface area contributed by atoms with Crippen molar-refractivity contribution in [1.29, 1.82) is 0 Å². The van der Waals surface area contributed by atoms with E-state index in [1.54, 1.807) is 0 Å². The molecule has 0 aromatic carbocycles. The van der Waals surface area contributed by atoms with Crippen molar-refractivity contribution in [2.24, 2.45) is 5.73 Å². The molecule has 0 saturated heterocycles. The Kier molecular flexibility index (Phi) is 13.5. The van der Waals surface area contributed by atoms with Crippen molar-refractivity contribution in [3.8, 4) is 0 Å². The Hall–Kier alpha value is -1.12. The fourth-order valence-electron chi connectivity index (χ4n) is 1.59. The largest absolute Gasteiger partial charge is 0.391 e. The summed E-state index contributed by atoms with van der Waals surface area (Å²) in [5.74, 6) is 0. The molecular weight excluding hydrogens is 246 g/mol. The maximum atomic E-state index is 9.50. The van der Waals surface area contributed by atoms with Crippen LogP contribution in [0.25, 0.3) is 0 Å². The maximum absolute atomic E-state index is 9.50. The van der Waals surface area contributed by atoms with Crippen LogP contribution in [0.2, 0.25) is 0 Å². The highest BCUT2D eigenvalue weighted by atomic mass is 16.3. The number of allylic oxidation sites excluding steroid dienone is 7. The number of unbranched alkanes of at least 4 members (excludes halogenated alkanes) is 1. The van der Waals surface area contributed by atoms with Crippen LogP contribution in [0.4, 0.5) is 0 Å². The monoisotopic (exact) mass is 277 g/mol. The first-order valence-electron chi connectivity index (χ1n) is 7.72. The van der Waals surface area contributed by atoms with Gasteiger partial charge in [-0.2, -0.15) is 0 Å². The molecule has 0 aliphatic carbocycles. The SMILES string of the molecule is CC/C=C\C/C=C\C/C=C\CC/C=C/CC(O)C(C)N. The van der Waals surface area contributed by atoms with E-state index in [9.17, 15) is 5.11 Å². The van der Waals surface area contributed by atoms with Gasteiger partial charge in [-0.15, -0.1) is 0 Å². The van der Waals surface area contributed by atoms with E-state index in [1.807, 2.05) is 13.0 Å². The van der Waals surface area contributed by atoms with Crippen molar-refractivity contribution in [1.82, 2.24) is 0 Å². The van der Waals surface area contributed by atoms with Crippen molar-refractivity contribution in [3.63, 3.8) is 0 Å². The molecule has 20 heavy (non-hydrogen) atoms. The van der Waals surface area contributed by atoms with Crippen LogP contribution >= 0.6 is 0 Å². The van der Waals surface area contributed by atoms with E-state index in [0.29, 0.717) is 6.42 Å². The number of hydrogen-bond acceptors (Lipinski definition) is 2. The predicted octanol–water partition coefficient (Wildman–Crippen LogP) is 4.28. The highest BCUT2D eigenvalue weighted by molar-refractivity contribution is 4.97. The minimum atomic E-state index is -0.423. The molecule has 114 valence electrons. The van der Waals surface area contributed by atoms with Crippen LogP contribution in [-0.4, -0.2) is 17.3 Å². The molecule has 0 radical (unpaired) electrons. The molecule has 0 saturated carbocycles. The van der Waals surface area contributed by atoms with E-state index in [-0.39, 0.29) is 6.04 Å². The molecule has 0 aliphatic rings. The van der Waals surface area contributed by atoms with Gasteiger partial charge in [-0.05, 0) is 45.4 Å². The minimum Gasteiger partial charge on any atom is -0.391 e. The lowest BCUT2D eigenvalue weighted by atomic mass is 10.1. The third-order valence-electron chi connectivity index (χ3n) is 2.93. The van der Waals surface area contributed by atoms with Gasteiger partial charge in [0.1, 0.15) is 0 Å². The van der Waals surface area contributed by atoms with Gasteiger partial charge in [-0.3, -0.25) is 0 Å². The van der Waals surface area contributed by atoms with Crippen LogP contribution in [0.3, 0.4) is 0 Å². The van der Waals surface area contributed by atoms with Gasteiger partial charge in [0.2, 0.25) is 0 Å². The van der Waals surface area contributed by atoms with Gasteiger partial charge >= 0.3 is 0 Å². The first-order valence-corrected chi connectivity index (χ1v) is 7.72. The molecule has 0 amide bonds. The Labute approximate surface area is 124 Å². The average molecular weight is 277 g/mol. The molecule has 0 spiro atoms. The van der Waals surface area contributed by atoms with E-state index >= 15 is 0 Å². The third-order valence-corrected chi connectivity index (χ3v) is 2.93. The summed E-state index contributed by atoms with van der Waals surface area (Å²) in [7, 11) is 0. The molecule has 0 aromatic heterocycles. The van der Waals surface area contributed by atoms with Gasteiger partial charge in [0.05, 0.1) is 6.10 Å². The Bertz CT molecular complexity index is 313. The number of aliphatic hydroxyl groups excluding tert-OH is 1. The van der Waals surface area contributed by atoms with E-state index in [1.165, 1.54) is 0 Å². The van der Waals surface area contributed by atoms with Crippen molar-refractivity contribution >= 4 is 0 Å². The van der Waals surface area contributed by atoms with Crippen molar-refractivity contribution in [2.75, 3.05) is 0 Å². The Morgan fingerprint density at radius 3 is 1.90 bits per heavy atom. The molecule has 0 fully saturated rings. The highest BCUT2D eigenvalue weighted by Crippen LogP contribution is 2.00. The molecule has 2 heteroatoms. The fourth-order valence-corrected chi connectivity index (χ4v) is 1.59. The van der Waals surface area contributed by atoms with E-state index < -0.39 is 6.10 Å². The van der Waals surface area contributed by atoms with Crippen LogP contribution in [0.15, 0.2) is 48.6 Å². The summed E-state index contributed by atoms with van der Waals surface area (Å²) in [6.07, 6.45) is 22.8. The number of nitrogens with two attached hydrogens (primary N) is 1. The summed E-state index contributed by atoms with van der Waals surface area (Å²) in [4.78, 5) is 0. The summed E-state index contributed by atoms with van der Waals surface area (Å²) < 4.78 is 0. The van der Waals surface area contributed by atoms with Crippen LogP contribution in [0.1, 0.15) is 52.4 Å². The first-order chi connectivity index (χ1) is 9.68. The van der Waals surface area contributed by atoms with Gasteiger partial charge in [0.25, 0.3) is 0 Å². The molecule has 0 bridgehead atoms. The van der Waals surface area contributed by atoms with Crippen LogP contribution in [0, 0.1) is 0 Å². The second-order valence-corrected chi connectivity index (χ2v) is 5.00. The fraction of sp³-hybridized carbons (Fsp3) is 0.556. The number of hydrogen-bond donors (Lipinski definition) is 2. The summed E-state index contributed by atoms with van der Waals surface area (Å²) in [6, 6.07) is -0.154. The Balaban J connectivity index is 3.48. The van der Waals surface area contributed by atoms with Crippen molar-refractivity contribution in [3.05, 3.63) is 48.6 Å². The average Bonchev–Trinajstić information content (AvgIpc) is 2.43. The lowest BCUT2D eigenvalue weighted by Gasteiger charge is -2.10. The van der Waals surface area contributed by atoms with Gasteiger partial charge < -0.3 is 10.8 Å². The molecule has 0 heterocycles. The van der Waals surface area contributed by atoms with Crippen molar-refractivity contribution in [2.45, 2.75) is 64.5 Å². The minimum absolute atomic E-state index is 0.154. The Morgan fingerprint density at radius 2 is 1.35 bits per heavy atom. The van der Waals surface area contributed by atoms with Gasteiger partial charge in [0.15, 0.2) is 0 Å². The summed E-state index contributed by atoms with van der Waals surface area (Å²) in [5, 5.41) is 9.50. The van der Waals surface area contributed by atoms with Crippen LogP contribution in [-0.2, 0) is 0 Å². The molecule has 0 aromatic rings. The molecule has 3 N–H and O–H groups in total. The second-order valence-electron chi connectivity index (χ2n) is 5.00. The van der Waals surface area contributed by atoms with E-state index in [4.69, 9.17) is 5.73 Å².